The zero-order valence-electron chi connectivity index (χ0n) is 7.86. The minimum Gasteiger partial charge on any atom is -0.493 e. The predicted molar refractivity (Wildman–Crippen MR) is 52.9 cm³/mol. The van der Waals surface area contributed by atoms with Crippen LogP contribution in [0.25, 0.3) is 0 Å². The molecule has 1 aliphatic rings. The lowest BCUT2D eigenvalue weighted by molar-refractivity contribution is 0.207. The number of fused-ring (bicyclic) bond motifs is 1. The fourth-order valence-corrected chi connectivity index (χ4v) is 1.92. The van der Waals surface area contributed by atoms with Crippen molar-refractivity contribution in [3.05, 3.63) is 29.8 Å². The van der Waals surface area contributed by atoms with Crippen LogP contribution in [0.15, 0.2) is 24.3 Å². The summed E-state index contributed by atoms with van der Waals surface area (Å²) < 4.78 is 5.61. The van der Waals surface area contributed by atoms with E-state index in [2.05, 4.69) is 13.0 Å². The van der Waals surface area contributed by atoms with Gasteiger partial charge in [0.25, 0.3) is 0 Å². The Bertz CT molecular complexity index is 298. The maximum absolute atomic E-state index is 5.75. The van der Waals surface area contributed by atoms with Crippen LogP contribution in [0.2, 0.25) is 0 Å². The lowest BCUT2D eigenvalue weighted by atomic mass is 9.85. The molecule has 2 unspecified atom stereocenters. The fourth-order valence-electron chi connectivity index (χ4n) is 1.92. The first-order valence-electron chi connectivity index (χ1n) is 4.74. The minimum atomic E-state index is 0.463. The molecule has 0 saturated heterocycles. The van der Waals surface area contributed by atoms with E-state index in [4.69, 9.17) is 10.5 Å². The SMILES string of the molecule is CC1COc2ccccc2C1CN. The highest BCUT2D eigenvalue weighted by Gasteiger charge is 2.25. The average Bonchev–Trinajstić information content (AvgIpc) is 2.18. The summed E-state index contributed by atoms with van der Waals surface area (Å²) in [5.74, 6) is 2.00. The Balaban J connectivity index is 2.39. The van der Waals surface area contributed by atoms with Crippen molar-refractivity contribution in [1.82, 2.24) is 0 Å². The van der Waals surface area contributed by atoms with Crippen molar-refractivity contribution in [3.8, 4) is 5.75 Å². The minimum absolute atomic E-state index is 0.463. The number of benzene rings is 1. The fraction of sp³-hybridized carbons (Fsp3) is 0.455. The Labute approximate surface area is 78.7 Å². The molecule has 0 aliphatic carbocycles. The first-order chi connectivity index (χ1) is 6.33. The van der Waals surface area contributed by atoms with Gasteiger partial charge in [0.2, 0.25) is 0 Å². The van der Waals surface area contributed by atoms with E-state index in [0.717, 1.165) is 12.4 Å². The van der Waals surface area contributed by atoms with Crippen LogP contribution in [0, 0.1) is 5.92 Å². The number of hydrogen-bond donors (Lipinski definition) is 1. The van der Waals surface area contributed by atoms with Gasteiger partial charge in [0, 0.05) is 5.92 Å². The van der Waals surface area contributed by atoms with Crippen molar-refractivity contribution >= 4 is 0 Å². The Morgan fingerprint density at radius 2 is 2.23 bits per heavy atom. The summed E-state index contributed by atoms with van der Waals surface area (Å²) in [5.41, 5.74) is 7.02. The first kappa shape index (κ1) is 8.57. The summed E-state index contributed by atoms with van der Waals surface area (Å²) in [4.78, 5) is 0. The highest BCUT2D eigenvalue weighted by molar-refractivity contribution is 5.38. The number of rotatable bonds is 1. The van der Waals surface area contributed by atoms with E-state index in [1.807, 2.05) is 18.2 Å². The molecule has 1 aromatic rings. The van der Waals surface area contributed by atoms with Crippen molar-refractivity contribution in [2.45, 2.75) is 12.8 Å². The van der Waals surface area contributed by atoms with E-state index in [9.17, 15) is 0 Å². The Morgan fingerprint density at radius 3 is 3.00 bits per heavy atom. The van der Waals surface area contributed by atoms with Gasteiger partial charge in [-0.05, 0) is 24.1 Å². The van der Waals surface area contributed by atoms with Gasteiger partial charge in [-0.3, -0.25) is 0 Å². The number of nitrogens with two attached hydrogens (primary N) is 1. The van der Waals surface area contributed by atoms with Crippen molar-refractivity contribution in [2.24, 2.45) is 11.7 Å². The zero-order valence-corrected chi connectivity index (χ0v) is 7.86. The maximum Gasteiger partial charge on any atom is 0.122 e. The third-order valence-electron chi connectivity index (χ3n) is 2.76. The monoisotopic (exact) mass is 177 g/mol. The largest absolute Gasteiger partial charge is 0.493 e. The van der Waals surface area contributed by atoms with Gasteiger partial charge < -0.3 is 10.5 Å². The maximum atomic E-state index is 5.75. The average molecular weight is 177 g/mol. The molecule has 1 aliphatic heterocycles. The van der Waals surface area contributed by atoms with E-state index < -0.39 is 0 Å². The molecule has 1 aromatic carbocycles. The lowest BCUT2D eigenvalue weighted by Gasteiger charge is -2.30. The van der Waals surface area contributed by atoms with Crippen LogP contribution in [-0.4, -0.2) is 13.2 Å². The zero-order chi connectivity index (χ0) is 9.26. The second-order valence-electron chi connectivity index (χ2n) is 3.67. The van der Waals surface area contributed by atoms with Crippen LogP contribution in [0.1, 0.15) is 18.4 Å². The summed E-state index contributed by atoms with van der Waals surface area (Å²) in [6.45, 7) is 3.69. The molecule has 0 saturated carbocycles. The molecule has 0 bridgehead atoms. The van der Waals surface area contributed by atoms with Gasteiger partial charge in [0.15, 0.2) is 0 Å². The van der Waals surface area contributed by atoms with Crippen molar-refractivity contribution in [3.63, 3.8) is 0 Å². The molecule has 0 aromatic heterocycles. The van der Waals surface area contributed by atoms with Crippen LogP contribution >= 0.6 is 0 Å². The summed E-state index contributed by atoms with van der Waals surface area (Å²) in [6, 6.07) is 8.18. The molecular formula is C11H15NO. The van der Waals surface area contributed by atoms with E-state index in [1.165, 1.54) is 5.56 Å². The topological polar surface area (TPSA) is 35.2 Å². The van der Waals surface area contributed by atoms with Crippen LogP contribution in [0.5, 0.6) is 5.75 Å². The second kappa shape index (κ2) is 3.38. The molecular weight excluding hydrogens is 162 g/mol. The van der Waals surface area contributed by atoms with E-state index >= 15 is 0 Å². The molecule has 0 radical (unpaired) electrons. The molecule has 2 atom stereocenters. The predicted octanol–water partition coefficient (Wildman–Crippen LogP) is 1.76. The summed E-state index contributed by atoms with van der Waals surface area (Å²) in [6.07, 6.45) is 0. The summed E-state index contributed by atoms with van der Waals surface area (Å²) in [7, 11) is 0. The normalized spacial score (nSPS) is 26.3. The van der Waals surface area contributed by atoms with Crippen molar-refractivity contribution in [2.75, 3.05) is 13.2 Å². The molecule has 0 amide bonds. The van der Waals surface area contributed by atoms with Gasteiger partial charge in [0.1, 0.15) is 5.75 Å². The molecule has 0 fully saturated rings. The molecule has 2 rings (SSSR count). The highest BCUT2D eigenvalue weighted by atomic mass is 16.5. The van der Waals surface area contributed by atoms with E-state index in [1.54, 1.807) is 0 Å². The smallest absolute Gasteiger partial charge is 0.122 e. The van der Waals surface area contributed by atoms with Crippen LogP contribution in [0.3, 0.4) is 0 Å². The quantitative estimate of drug-likeness (QED) is 0.709. The van der Waals surface area contributed by atoms with Gasteiger partial charge in [-0.1, -0.05) is 25.1 Å². The van der Waals surface area contributed by atoms with Crippen LogP contribution in [-0.2, 0) is 0 Å². The molecule has 1 heterocycles. The van der Waals surface area contributed by atoms with Gasteiger partial charge >= 0.3 is 0 Å². The third-order valence-corrected chi connectivity index (χ3v) is 2.76. The van der Waals surface area contributed by atoms with Gasteiger partial charge in [0.05, 0.1) is 6.61 Å². The number of para-hydroxylation sites is 1. The molecule has 13 heavy (non-hydrogen) atoms. The van der Waals surface area contributed by atoms with E-state index in [-0.39, 0.29) is 0 Å². The Hall–Kier alpha value is -1.02. The van der Waals surface area contributed by atoms with Crippen molar-refractivity contribution < 1.29 is 4.74 Å². The highest BCUT2D eigenvalue weighted by Crippen LogP contribution is 2.35. The Morgan fingerprint density at radius 1 is 1.46 bits per heavy atom. The first-order valence-corrected chi connectivity index (χ1v) is 4.74. The molecule has 2 nitrogen and oxygen atoms in total. The molecule has 70 valence electrons. The van der Waals surface area contributed by atoms with Gasteiger partial charge in [-0.15, -0.1) is 0 Å². The standard InChI is InChI=1S/C11H15NO/c1-8-7-13-11-5-3-2-4-9(11)10(8)6-12/h2-5,8,10H,6-7,12H2,1H3. The van der Waals surface area contributed by atoms with Gasteiger partial charge in [-0.25, -0.2) is 0 Å². The van der Waals surface area contributed by atoms with Crippen LogP contribution < -0.4 is 10.5 Å². The Kier molecular flexibility index (Phi) is 2.23. The number of ether oxygens (including phenoxy) is 1. The van der Waals surface area contributed by atoms with Gasteiger partial charge in [-0.2, -0.15) is 0 Å². The summed E-state index contributed by atoms with van der Waals surface area (Å²) >= 11 is 0. The van der Waals surface area contributed by atoms with Crippen LogP contribution in [0.4, 0.5) is 0 Å². The van der Waals surface area contributed by atoms with E-state index in [0.29, 0.717) is 18.4 Å². The molecule has 2 heteroatoms. The molecule has 0 spiro atoms. The lowest BCUT2D eigenvalue weighted by Crippen LogP contribution is -2.28. The second-order valence-corrected chi connectivity index (χ2v) is 3.67. The summed E-state index contributed by atoms with van der Waals surface area (Å²) in [5, 5.41) is 0. The van der Waals surface area contributed by atoms with Crippen molar-refractivity contribution in [1.29, 1.82) is 0 Å². The molecule has 2 N–H and O–H groups in total. The third kappa shape index (κ3) is 1.42. The number of hydrogen-bond acceptors (Lipinski definition) is 2.